The van der Waals surface area contributed by atoms with Crippen LogP contribution in [0.2, 0.25) is 5.02 Å². The molecule has 0 saturated carbocycles. The zero-order chi connectivity index (χ0) is 14.3. The highest BCUT2D eigenvalue weighted by Crippen LogP contribution is 2.12. The van der Waals surface area contributed by atoms with Crippen molar-refractivity contribution in [2.24, 2.45) is 0 Å². The second-order valence-electron chi connectivity index (χ2n) is 4.50. The third-order valence-corrected chi connectivity index (χ3v) is 3.45. The van der Waals surface area contributed by atoms with E-state index in [0.717, 1.165) is 36.8 Å². The SMILES string of the molecule is CCN(CC(=O)N(CC)CC)Cc1cccc(Cl)c1. The number of hydrogen-bond acceptors (Lipinski definition) is 2. The van der Waals surface area contributed by atoms with Gasteiger partial charge in [0.1, 0.15) is 0 Å². The highest BCUT2D eigenvalue weighted by Gasteiger charge is 2.14. The van der Waals surface area contributed by atoms with E-state index in [0.29, 0.717) is 6.54 Å². The first-order valence-electron chi connectivity index (χ1n) is 6.85. The van der Waals surface area contributed by atoms with Gasteiger partial charge in [-0.05, 0) is 38.1 Å². The molecule has 0 bridgehead atoms. The van der Waals surface area contributed by atoms with Crippen molar-refractivity contribution in [3.63, 3.8) is 0 Å². The normalized spacial score (nSPS) is 10.8. The first kappa shape index (κ1) is 16.0. The Bertz CT molecular complexity index is 405. The fourth-order valence-corrected chi connectivity index (χ4v) is 2.25. The maximum Gasteiger partial charge on any atom is 0.236 e. The van der Waals surface area contributed by atoms with Gasteiger partial charge in [-0.3, -0.25) is 9.69 Å². The number of benzene rings is 1. The molecule has 19 heavy (non-hydrogen) atoms. The molecule has 0 saturated heterocycles. The first-order chi connectivity index (χ1) is 9.10. The van der Waals surface area contributed by atoms with Gasteiger partial charge in [0.15, 0.2) is 0 Å². The molecule has 0 fully saturated rings. The minimum atomic E-state index is 0.189. The fraction of sp³-hybridized carbons (Fsp3) is 0.533. The smallest absolute Gasteiger partial charge is 0.236 e. The third-order valence-electron chi connectivity index (χ3n) is 3.22. The van der Waals surface area contributed by atoms with Crippen LogP contribution >= 0.6 is 11.6 Å². The van der Waals surface area contributed by atoms with Crippen LogP contribution in [0.4, 0.5) is 0 Å². The molecule has 0 heterocycles. The van der Waals surface area contributed by atoms with Gasteiger partial charge >= 0.3 is 0 Å². The Balaban J connectivity index is 2.61. The van der Waals surface area contributed by atoms with Crippen LogP contribution in [0, 0.1) is 0 Å². The van der Waals surface area contributed by atoms with E-state index in [1.807, 2.05) is 43.0 Å². The molecular weight excluding hydrogens is 260 g/mol. The molecule has 1 rings (SSSR count). The van der Waals surface area contributed by atoms with Gasteiger partial charge < -0.3 is 4.90 Å². The number of nitrogens with zero attached hydrogens (tertiary/aromatic N) is 2. The van der Waals surface area contributed by atoms with Crippen molar-refractivity contribution < 1.29 is 4.79 Å². The zero-order valence-corrected chi connectivity index (χ0v) is 12.8. The number of rotatable bonds is 7. The van der Waals surface area contributed by atoms with E-state index in [4.69, 9.17) is 11.6 Å². The van der Waals surface area contributed by atoms with Crippen LogP contribution in [-0.2, 0) is 11.3 Å². The third kappa shape index (κ3) is 5.21. The molecule has 0 aliphatic carbocycles. The van der Waals surface area contributed by atoms with E-state index < -0.39 is 0 Å². The molecule has 0 spiro atoms. The van der Waals surface area contributed by atoms with Gasteiger partial charge in [-0.15, -0.1) is 0 Å². The van der Waals surface area contributed by atoms with E-state index in [9.17, 15) is 4.79 Å². The summed E-state index contributed by atoms with van der Waals surface area (Å²) in [6.07, 6.45) is 0. The van der Waals surface area contributed by atoms with Gasteiger partial charge in [-0.1, -0.05) is 30.7 Å². The number of carbonyl (C=O) groups is 1. The number of carbonyl (C=O) groups excluding carboxylic acids is 1. The topological polar surface area (TPSA) is 23.6 Å². The molecule has 0 N–H and O–H groups in total. The predicted molar refractivity (Wildman–Crippen MR) is 80.3 cm³/mol. The second kappa shape index (κ2) is 8.18. The van der Waals surface area contributed by atoms with Gasteiger partial charge in [-0.2, -0.15) is 0 Å². The van der Waals surface area contributed by atoms with E-state index in [-0.39, 0.29) is 5.91 Å². The molecular formula is C15H23ClN2O. The van der Waals surface area contributed by atoms with Gasteiger partial charge in [0.25, 0.3) is 0 Å². The molecule has 0 aliphatic rings. The lowest BCUT2D eigenvalue weighted by atomic mass is 10.2. The zero-order valence-electron chi connectivity index (χ0n) is 12.0. The first-order valence-corrected chi connectivity index (χ1v) is 7.23. The monoisotopic (exact) mass is 282 g/mol. The largest absolute Gasteiger partial charge is 0.342 e. The van der Waals surface area contributed by atoms with Crippen LogP contribution in [-0.4, -0.2) is 41.9 Å². The molecule has 106 valence electrons. The van der Waals surface area contributed by atoms with Crippen molar-refractivity contribution in [2.75, 3.05) is 26.2 Å². The van der Waals surface area contributed by atoms with Crippen molar-refractivity contribution in [1.29, 1.82) is 0 Å². The number of amides is 1. The van der Waals surface area contributed by atoms with E-state index >= 15 is 0 Å². The molecule has 0 aromatic heterocycles. The van der Waals surface area contributed by atoms with E-state index in [1.165, 1.54) is 0 Å². The summed E-state index contributed by atoms with van der Waals surface area (Å²) in [6.45, 7) is 9.69. The van der Waals surface area contributed by atoms with Crippen LogP contribution in [0.5, 0.6) is 0 Å². The number of likely N-dealkylation sites (N-methyl/N-ethyl adjacent to an activating group) is 2. The van der Waals surface area contributed by atoms with Crippen LogP contribution < -0.4 is 0 Å². The van der Waals surface area contributed by atoms with Crippen molar-refractivity contribution >= 4 is 17.5 Å². The summed E-state index contributed by atoms with van der Waals surface area (Å²) in [4.78, 5) is 16.1. The number of hydrogen-bond donors (Lipinski definition) is 0. The molecule has 0 radical (unpaired) electrons. The van der Waals surface area contributed by atoms with Crippen LogP contribution in [0.3, 0.4) is 0 Å². The Morgan fingerprint density at radius 3 is 2.37 bits per heavy atom. The maximum absolute atomic E-state index is 12.1. The summed E-state index contributed by atoms with van der Waals surface area (Å²) < 4.78 is 0. The van der Waals surface area contributed by atoms with Crippen molar-refractivity contribution in [1.82, 2.24) is 9.80 Å². The molecule has 0 unspecified atom stereocenters. The average molecular weight is 283 g/mol. The average Bonchev–Trinajstić information content (AvgIpc) is 2.39. The fourth-order valence-electron chi connectivity index (χ4n) is 2.04. The summed E-state index contributed by atoms with van der Waals surface area (Å²) >= 11 is 5.98. The Morgan fingerprint density at radius 1 is 1.16 bits per heavy atom. The molecule has 3 nitrogen and oxygen atoms in total. The molecule has 1 aromatic carbocycles. The number of halogens is 1. The van der Waals surface area contributed by atoms with Gasteiger partial charge in [0, 0.05) is 24.7 Å². The lowest BCUT2D eigenvalue weighted by Gasteiger charge is -2.25. The Hall–Kier alpha value is -1.06. The quantitative estimate of drug-likeness (QED) is 0.767. The molecule has 0 atom stereocenters. The van der Waals surface area contributed by atoms with E-state index in [1.54, 1.807) is 0 Å². The van der Waals surface area contributed by atoms with Crippen molar-refractivity contribution in [2.45, 2.75) is 27.3 Å². The molecule has 4 heteroatoms. The van der Waals surface area contributed by atoms with Gasteiger partial charge in [0.2, 0.25) is 5.91 Å². The lowest BCUT2D eigenvalue weighted by Crippen LogP contribution is -2.39. The Morgan fingerprint density at radius 2 is 1.84 bits per heavy atom. The van der Waals surface area contributed by atoms with Gasteiger partial charge in [-0.25, -0.2) is 0 Å². The Kier molecular flexibility index (Phi) is 6.89. The van der Waals surface area contributed by atoms with Crippen LogP contribution in [0.1, 0.15) is 26.3 Å². The summed E-state index contributed by atoms with van der Waals surface area (Å²) in [5.41, 5.74) is 1.14. The standard InChI is InChI=1S/C15H23ClN2O/c1-4-17(12-15(19)18(5-2)6-3)11-13-8-7-9-14(16)10-13/h7-10H,4-6,11-12H2,1-3H3. The van der Waals surface area contributed by atoms with Crippen molar-refractivity contribution in [3.05, 3.63) is 34.9 Å². The minimum absolute atomic E-state index is 0.189. The highest BCUT2D eigenvalue weighted by molar-refractivity contribution is 6.30. The summed E-state index contributed by atoms with van der Waals surface area (Å²) in [6, 6.07) is 7.79. The summed E-state index contributed by atoms with van der Waals surface area (Å²) in [5.74, 6) is 0.189. The molecule has 1 amide bonds. The minimum Gasteiger partial charge on any atom is -0.342 e. The molecule has 0 aliphatic heterocycles. The summed E-state index contributed by atoms with van der Waals surface area (Å²) in [5, 5.41) is 0.739. The highest BCUT2D eigenvalue weighted by atomic mass is 35.5. The summed E-state index contributed by atoms with van der Waals surface area (Å²) in [7, 11) is 0. The second-order valence-corrected chi connectivity index (χ2v) is 4.94. The van der Waals surface area contributed by atoms with Crippen LogP contribution in [0.25, 0.3) is 0 Å². The lowest BCUT2D eigenvalue weighted by molar-refractivity contribution is -0.132. The van der Waals surface area contributed by atoms with Gasteiger partial charge in [0.05, 0.1) is 6.54 Å². The maximum atomic E-state index is 12.1. The molecule has 1 aromatic rings. The Labute approximate surface area is 121 Å². The predicted octanol–water partition coefficient (Wildman–Crippen LogP) is 3.03. The van der Waals surface area contributed by atoms with E-state index in [2.05, 4.69) is 11.8 Å². The van der Waals surface area contributed by atoms with Crippen LogP contribution in [0.15, 0.2) is 24.3 Å². The van der Waals surface area contributed by atoms with Crippen molar-refractivity contribution in [3.8, 4) is 0 Å².